The average molecular weight is 498 g/mol. The minimum atomic E-state index is -0.840. The van der Waals surface area contributed by atoms with Crippen LogP contribution in [0.2, 0.25) is 10.0 Å². The van der Waals surface area contributed by atoms with E-state index in [9.17, 15) is 18.8 Å². The number of carbonyl (C=O) groups is 3. The molecule has 2 saturated heterocycles. The first kappa shape index (κ1) is 22.8. The highest BCUT2D eigenvalue weighted by atomic mass is 35.5. The number of anilines is 1. The summed E-state index contributed by atoms with van der Waals surface area (Å²) < 4.78 is 18.6. The molecule has 32 heavy (non-hydrogen) atoms. The number of ether oxygens (including phenoxy) is 1. The third-order valence-corrected chi connectivity index (χ3v) is 7.94. The molecule has 0 spiro atoms. The topological polar surface area (TPSA) is 88.6 Å². The Bertz CT molecular complexity index is 1100. The first-order chi connectivity index (χ1) is 15.2. The minimum Gasteiger partial charge on any atom is -0.454 e. The van der Waals surface area contributed by atoms with Gasteiger partial charge in [-0.1, -0.05) is 35.3 Å². The summed E-state index contributed by atoms with van der Waals surface area (Å²) in [6.45, 7) is 1.12. The molecule has 168 valence electrons. The molecule has 0 bridgehead atoms. The number of hydrogen-bond donors (Lipinski definition) is 1. The van der Waals surface area contributed by atoms with Gasteiger partial charge >= 0.3 is 5.97 Å². The number of nitrogens with one attached hydrogen (secondary N) is 1. The maximum absolute atomic E-state index is 13.4. The van der Waals surface area contributed by atoms with Crippen molar-refractivity contribution in [2.75, 3.05) is 17.7 Å². The summed E-state index contributed by atoms with van der Waals surface area (Å²) in [7, 11) is 0. The number of carbonyl (C=O) groups excluding carboxylic acids is 3. The van der Waals surface area contributed by atoms with Crippen LogP contribution >= 0.6 is 35.0 Å². The Morgan fingerprint density at radius 3 is 2.78 bits per heavy atom. The van der Waals surface area contributed by atoms with E-state index in [1.807, 2.05) is 0 Å². The summed E-state index contributed by atoms with van der Waals surface area (Å²) in [5, 5.41) is 3.03. The molecule has 11 heteroatoms. The lowest BCUT2D eigenvalue weighted by molar-refractivity contribution is -0.155. The lowest BCUT2D eigenvalue weighted by Crippen LogP contribution is -2.47. The molecule has 1 N–H and O–H groups in total. The zero-order valence-electron chi connectivity index (χ0n) is 16.9. The molecule has 2 aliphatic heterocycles. The smallest absolute Gasteiger partial charge is 0.330 e. The number of amides is 2. The fraction of sp³-hybridized carbons (Fsp3) is 0.333. The van der Waals surface area contributed by atoms with Gasteiger partial charge in [-0.15, -0.1) is 11.8 Å². The number of benzene rings is 1. The van der Waals surface area contributed by atoms with Gasteiger partial charge in [0.15, 0.2) is 12.4 Å². The lowest BCUT2D eigenvalue weighted by atomic mass is 10.0. The fourth-order valence-electron chi connectivity index (χ4n) is 3.87. The van der Waals surface area contributed by atoms with E-state index >= 15 is 0 Å². The van der Waals surface area contributed by atoms with Crippen LogP contribution in [0.4, 0.5) is 10.2 Å². The number of halogens is 3. The van der Waals surface area contributed by atoms with E-state index in [0.29, 0.717) is 22.8 Å². The van der Waals surface area contributed by atoms with Crippen molar-refractivity contribution in [2.24, 2.45) is 0 Å². The molecule has 0 unspecified atom stereocenters. The summed E-state index contributed by atoms with van der Waals surface area (Å²) in [6.07, 6.45) is 2.13. The van der Waals surface area contributed by atoms with Crippen LogP contribution in [0.5, 0.6) is 0 Å². The van der Waals surface area contributed by atoms with Crippen LogP contribution in [0.25, 0.3) is 0 Å². The van der Waals surface area contributed by atoms with Crippen LogP contribution < -0.4 is 5.32 Å². The Morgan fingerprint density at radius 1 is 1.34 bits per heavy atom. The zero-order chi connectivity index (χ0) is 23.0. The highest BCUT2D eigenvalue weighted by molar-refractivity contribution is 8.00. The molecule has 2 atom stereocenters. The van der Waals surface area contributed by atoms with Crippen LogP contribution in [0.1, 0.15) is 24.0 Å². The summed E-state index contributed by atoms with van der Waals surface area (Å²) in [5.74, 6) is -1.45. The van der Waals surface area contributed by atoms with Gasteiger partial charge in [0.2, 0.25) is 5.91 Å². The highest BCUT2D eigenvalue weighted by Gasteiger charge is 2.57. The molecular formula is C21H18Cl2FN3O4S. The van der Waals surface area contributed by atoms with Gasteiger partial charge in [0.05, 0.1) is 10.0 Å². The number of esters is 1. The predicted molar refractivity (Wildman–Crippen MR) is 119 cm³/mol. The standard InChI is InChI=1S/C21H18Cl2FN3O4S/c1-11-14(22)8-25-19(18(11)23)26-16(28)9-31-20(30)15-10-32-21(7-6-17(29)27(15)21)12-2-4-13(24)5-3-12/h2-5,8,15H,6-7,9-10H2,1H3,(H,25,26,28)/t15-,21+/m1/s1. The number of pyridine rings is 1. The molecule has 1 aromatic heterocycles. The van der Waals surface area contributed by atoms with Gasteiger partial charge < -0.3 is 15.0 Å². The first-order valence-electron chi connectivity index (χ1n) is 9.72. The van der Waals surface area contributed by atoms with Gasteiger partial charge in [-0.05, 0) is 36.6 Å². The predicted octanol–water partition coefficient (Wildman–Crippen LogP) is 3.91. The van der Waals surface area contributed by atoms with E-state index < -0.39 is 29.4 Å². The number of nitrogens with zero attached hydrogens (tertiary/aromatic N) is 2. The zero-order valence-corrected chi connectivity index (χ0v) is 19.2. The Hall–Kier alpha value is -2.36. The maximum Gasteiger partial charge on any atom is 0.330 e. The number of fused-ring (bicyclic) bond motifs is 1. The van der Waals surface area contributed by atoms with Gasteiger partial charge in [0.25, 0.3) is 5.91 Å². The Kier molecular flexibility index (Phi) is 6.33. The van der Waals surface area contributed by atoms with Crippen molar-refractivity contribution in [3.8, 4) is 0 Å². The molecule has 7 nitrogen and oxygen atoms in total. The van der Waals surface area contributed by atoms with Gasteiger partial charge in [0.1, 0.15) is 16.7 Å². The van der Waals surface area contributed by atoms with Crippen molar-refractivity contribution in [2.45, 2.75) is 30.7 Å². The number of thioether (sulfide) groups is 1. The Balaban J connectivity index is 1.43. The molecule has 0 aliphatic carbocycles. The van der Waals surface area contributed by atoms with E-state index in [2.05, 4.69) is 10.3 Å². The molecular weight excluding hydrogens is 480 g/mol. The molecule has 3 heterocycles. The van der Waals surface area contributed by atoms with Crippen LogP contribution in [-0.4, -0.2) is 46.1 Å². The SMILES string of the molecule is Cc1c(Cl)cnc(NC(=O)COC(=O)[C@H]2CS[C@]3(c4ccc(F)cc4)CCC(=O)N23)c1Cl. The van der Waals surface area contributed by atoms with Gasteiger partial charge in [-0.3, -0.25) is 9.59 Å². The quantitative estimate of drug-likeness (QED) is 0.630. The summed E-state index contributed by atoms with van der Waals surface area (Å²) in [6, 6.07) is 5.07. The molecule has 2 amide bonds. The second-order valence-corrected chi connectivity index (χ2v) is 9.51. The monoisotopic (exact) mass is 497 g/mol. The van der Waals surface area contributed by atoms with Crippen molar-refractivity contribution in [3.63, 3.8) is 0 Å². The molecule has 2 fully saturated rings. The van der Waals surface area contributed by atoms with Crippen LogP contribution in [0.15, 0.2) is 30.5 Å². The summed E-state index contributed by atoms with van der Waals surface area (Å²) in [5.41, 5.74) is 1.31. The van der Waals surface area contributed by atoms with E-state index in [1.54, 1.807) is 19.1 Å². The van der Waals surface area contributed by atoms with E-state index in [0.717, 1.165) is 5.56 Å². The van der Waals surface area contributed by atoms with E-state index in [4.69, 9.17) is 27.9 Å². The van der Waals surface area contributed by atoms with Crippen LogP contribution in [0, 0.1) is 12.7 Å². The number of rotatable bonds is 5. The van der Waals surface area contributed by atoms with Crippen molar-refractivity contribution in [3.05, 3.63) is 57.5 Å². The molecule has 4 rings (SSSR count). The fourth-order valence-corrected chi connectivity index (χ4v) is 5.90. The van der Waals surface area contributed by atoms with Crippen molar-refractivity contribution < 1.29 is 23.5 Å². The second kappa shape index (κ2) is 8.88. The van der Waals surface area contributed by atoms with E-state index in [-0.39, 0.29) is 29.0 Å². The van der Waals surface area contributed by atoms with E-state index in [1.165, 1.54) is 35.0 Å². The van der Waals surface area contributed by atoms with Crippen molar-refractivity contribution in [1.82, 2.24) is 9.88 Å². The normalized spacial score (nSPS) is 22.1. The minimum absolute atomic E-state index is 0.107. The average Bonchev–Trinajstić information content (AvgIpc) is 3.32. The highest BCUT2D eigenvalue weighted by Crippen LogP contribution is 2.54. The first-order valence-corrected chi connectivity index (χ1v) is 11.5. The molecule has 0 saturated carbocycles. The Morgan fingerprint density at radius 2 is 2.06 bits per heavy atom. The largest absolute Gasteiger partial charge is 0.454 e. The Labute approximate surface area is 197 Å². The van der Waals surface area contributed by atoms with Gasteiger partial charge in [0, 0.05) is 18.4 Å². The van der Waals surface area contributed by atoms with Crippen molar-refractivity contribution >= 4 is 58.6 Å². The summed E-state index contributed by atoms with van der Waals surface area (Å²) in [4.78, 5) is 42.3. The maximum atomic E-state index is 13.4. The molecule has 2 aromatic rings. The van der Waals surface area contributed by atoms with Gasteiger partial charge in [-0.25, -0.2) is 14.2 Å². The number of aromatic nitrogens is 1. The third-order valence-electron chi connectivity index (χ3n) is 5.50. The third kappa shape index (κ3) is 4.04. The van der Waals surface area contributed by atoms with Crippen molar-refractivity contribution in [1.29, 1.82) is 0 Å². The van der Waals surface area contributed by atoms with Crippen LogP contribution in [0.3, 0.4) is 0 Å². The molecule has 2 aliphatic rings. The van der Waals surface area contributed by atoms with Crippen LogP contribution in [-0.2, 0) is 24.0 Å². The lowest BCUT2D eigenvalue weighted by Gasteiger charge is -2.33. The van der Waals surface area contributed by atoms with Gasteiger partial charge in [-0.2, -0.15) is 0 Å². The molecule has 0 radical (unpaired) electrons. The molecule has 1 aromatic carbocycles. The number of hydrogen-bond acceptors (Lipinski definition) is 6. The second-order valence-electron chi connectivity index (χ2n) is 7.43. The summed E-state index contributed by atoms with van der Waals surface area (Å²) >= 11 is 13.5.